The van der Waals surface area contributed by atoms with Crippen molar-refractivity contribution in [3.63, 3.8) is 0 Å². The molecule has 0 amide bonds. The third-order valence-corrected chi connectivity index (χ3v) is 5.39. The third-order valence-electron chi connectivity index (χ3n) is 3.62. The minimum Gasteiger partial charge on any atom is -0.306 e. The first-order valence-electron chi connectivity index (χ1n) is 6.70. The summed E-state index contributed by atoms with van der Waals surface area (Å²) < 4.78 is 49.3. The molecule has 1 aliphatic rings. The molecule has 0 bridgehead atoms. The summed E-state index contributed by atoms with van der Waals surface area (Å²) in [6, 6.07) is 3.51. The van der Waals surface area contributed by atoms with Gasteiger partial charge in [-0.2, -0.15) is 0 Å². The van der Waals surface area contributed by atoms with Crippen LogP contribution in [0.2, 0.25) is 0 Å². The molecule has 0 aliphatic carbocycles. The van der Waals surface area contributed by atoms with E-state index in [4.69, 9.17) is 0 Å². The molecule has 0 radical (unpaired) electrons. The van der Waals surface area contributed by atoms with Crippen molar-refractivity contribution in [2.24, 2.45) is 5.92 Å². The van der Waals surface area contributed by atoms with E-state index < -0.39 is 21.5 Å². The van der Waals surface area contributed by atoms with Gasteiger partial charge in [0.15, 0.2) is 21.5 Å². The molecule has 6 heteroatoms. The van der Waals surface area contributed by atoms with E-state index in [9.17, 15) is 17.2 Å². The second-order valence-corrected chi connectivity index (χ2v) is 7.89. The molecule has 1 aromatic carbocycles. The fourth-order valence-electron chi connectivity index (χ4n) is 2.56. The SMILES string of the molecule is CC(C)[C@H](N[C@H]1CCS(=O)(=O)C1)c1ccc(F)c(F)c1. The van der Waals surface area contributed by atoms with Gasteiger partial charge in [-0.3, -0.25) is 0 Å². The van der Waals surface area contributed by atoms with E-state index in [2.05, 4.69) is 5.32 Å². The summed E-state index contributed by atoms with van der Waals surface area (Å²) in [5, 5.41) is 3.27. The van der Waals surface area contributed by atoms with Gasteiger partial charge in [-0.05, 0) is 30.0 Å². The second kappa shape index (κ2) is 5.77. The Morgan fingerprint density at radius 2 is 1.95 bits per heavy atom. The lowest BCUT2D eigenvalue weighted by Gasteiger charge is -2.26. The van der Waals surface area contributed by atoms with E-state index >= 15 is 0 Å². The van der Waals surface area contributed by atoms with E-state index in [1.165, 1.54) is 6.07 Å². The van der Waals surface area contributed by atoms with E-state index in [0.29, 0.717) is 12.0 Å². The maximum atomic E-state index is 13.3. The van der Waals surface area contributed by atoms with Crippen LogP contribution in [0.4, 0.5) is 8.78 Å². The van der Waals surface area contributed by atoms with Crippen LogP contribution in [0, 0.1) is 17.6 Å². The smallest absolute Gasteiger partial charge is 0.159 e. The molecule has 1 fully saturated rings. The summed E-state index contributed by atoms with van der Waals surface area (Å²) in [6.45, 7) is 3.92. The Bertz CT molecular complexity index is 587. The Morgan fingerprint density at radius 1 is 1.25 bits per heavy atom. The minimum atomic E-state index is -2.96. The van der Waals surface area contributed by atoms with Gasteiger partial charge in [0.25, 0.3) is 0 Å². The molecule has 1 aromatic rings. The zero-order chi connectivity index (χ0) is 14.9. The number of nitrogens with one attached hydrogen (secondary N) is 1. The van der Waals surface area contributed by atoms with Crippen molar-refractivity contribution in [2.75, 3.05) is 11.5 Å². The number of hydrogen-bond acceptors (Lipinski definition) is 3. The lowest BCUT2D eigenvalue weighted by Crippen LogP contribution is -2.36. The van der Waals surface area contributed by atoms with Crippen LogP contribution in [-0.4, -0.2) is 26.0 Å². The number of halogens is 2. The quantitative estimate of drug-likeness (QED) is 0.929. The van der Waals surface area contributed by atoms with Gasteiger partial charge in [-0.1, -0.05) is 19.9 Å². The van der Waals surface area contributed by atoms with Crippen molar-refractivity contribution in [1.29, 1.82) is 0 Å². The Kier molecular flexibility index (Phi) is 4.44. The molecular weight excluding hydrogens is 284 g/mol. The minimum absolute atomic E-state index is 0.111. The number of rotatable bonds is 4. The Hall–Kier alpha value is -1.01. The highest BCUT2D eigenvalue weighted by atomic mass is 32.2. The van der Waals surface area contributed by atoms with Crippen LogP contribution in [0.3, 0.4) is 0 Å². The van der Waals surface area contributed by atoms with Crippen molar-refractivity contribution in [3.8, 4) is 0 Å². The summed E-state index contributed by atoms with van der Waals surface area (Å²) in [5.41, 5.74) is 0.642. The molecular formula is C14H19F2NO2S. The summed E-state index contributed by atoms with van der Waals surface area (Å²) in [7, 11) is -2.96. The van der Waals surface area contributed by atoms with Crippen LogP contribution >= 0.6 is 0 Å². The first-order valence-corrected chi connectivity index (χ1v) is 8.52. The Balaban J connectivity index is 2.17. The summed E-state index contributed by atoms with van der Waals surface area (Å²) in [6.07, 6.45) is 0.565. The molecule has 2 rings (SSSR count). The van der Waals surface area contributed by atoms with Gasteiger partial charge in [0, 0.05) is 12.1 Å². The van der Waals surface area contributed by atoms with Gasteiger partial charge in [0.2, 0.25) is 0 Å². The summed E-state index contributed by atoms with van der Waals surface area (Å²) >= 11 is 0. The fraction of sp³-hybridized carbons (Fsp3) is 0.571. The van der Waals surface area contributed by atoms with Gasteiger partial charge in [0.1, 0.15) is 0 Å². The van der Waals surface area contributed by atoms with E-state index in [-0.39, 0.29) is 29.5 Å². The molecule has 1 N–H and O–H groups in total. The maximum Gasteiger partial charge on any atom is 0.159 e. The maximum absolute atomic E-state index is 13.3. The van der Waals surface area contributed by atoms with Crippen LogP contribution in [-0.2, 0) is 9.84 Å². The highest BCUT2D eigenvalue weighted by Crippen LogP contribution is 2.26. The fourth-order valence-corrected chi connectivity index (χ4v) is 4.25. The highest BCUT2D eigenvalue weighted by Gasteiger charge is 2.30. The first kappa shape index (κ1) is 15.4. The number of benzene rings is 1. The molecule has 0 spiro atoms. The lowest BCUT2D eigenvalue weighted by molar-refractivity contribution is 0.370. The molecule has 3 nitrogen and oxygen atoms in total. The molecule has 2 atom stereocenters. The van der Waals surface area contributed by atoms with E-state index in [0.717, 1.165) is 6.07 Å². The van der Waals surface area contributed by atoms with Crippen molar-refractivity contribution in [3.05, 3.63) is 35.4 Å². The molecule has 0 aromatic heterocycles. The second-order valence-electron chi connectivity index (χ2n) is 5.66. The van der Waals surface area contributed by atoms with Gasteiger partial charge < -0.3 is 5.32 Å². The van der Waals surface area contributed by atoms with Gasteiger partial charge in [0.05, 0.1) is 11.5 Å². The molecule has 20 heavy (non-hydrogen) atoms. The van der Waals surface area contributed by atoms with Crippen molar-refractivity contribution in [1.82, 2.24) is 5.32 Å². The molecule has 0 saturated carbocycles. The molecule has 1 saturated heterocycles. The Morgan fingerprint density at radius 3 is 2.45 bits per heavy atom. The lowest BCUT2D eigenvalue weighted by atomic mass is 9.95. The van der Waals surface area contributed by atoms with Crippen molar-refractivity contribution < 1.29 is 17.2 Å². The van der Waals surface area contributed by atoms with Gasteiger partial charge in [-0.25, -0.2) is 17.2 Å². The van der Waals surface area contributed by atoms with Gasteiger partial charge >= 0.3 is 0 Å². The summed E-state index contributed by atoms with van der Waals surface area (Å²) in [5.74, 6) is -1.32. The molecule has 1 aliphatic heterocycles. The molecule has 1 heterocycles. The largest absolute Gasteiger partial charge is 0.306 e. The molecule has 112 valence electrons. The zero-order valence-corrected chi connectivity index (χ0v) is 12.4. The predicted octanol–water partition coefficient (Wildman–Crippen LogP) is 2.44. The first-order chi connectivity index (χ1) is 9.28. The predicted molar refractivity (Wildman–Crippen MR) is 74.1 cm³/mol. The number of hydrogen-bond donors (Lipinski definition) is 1. The number of sulfone groups is 1. The third kappa shape index (κ3) is 3.55. The van der Waals surface area contributed by atoms with Crippen molar-refractivity contribution in [2.45, 2.75) is 32.4 Å². The van der Waals surface area contributed by atoms with Crippen LogP contribution in [0.5, 0.6) is 0 Å². The average Bonchev–Trinajstić information content (AvgIpc) is 2.69. The molecule has 0 unspecified atom stereocenters. The normalized spacial score (nSPS) is 23.1. The topological polar surface area (TPSA) is 46.2 Å². The summed E-state index contributed by atoms with van der Waals surface area (Å²) in [4.78, 5) is 0. The van der Waals surface area contributed by atoms with E-state index in [1.54, 1.807) is 6.07 Å². The average molecular weight is 303 g/mol. The highest BCUT2D eigenvalue weighted by molar-refractivity contribution is 7.91. The van der Waals surface area contributed by atoms with Crippen LogP contribution in [0.25, 0.3) is 0 Å². The van der Waals surface area contributed by atoms with Crippen LogP contribution in [0.15, 0.2) is 18.2 Å². The van der Waals surface area contributed by atoms with Crippen LogP contribution in [0.1, 0.15) is 31.9 Å². The Labute approximate surface area is 118 Å². The van der Waals surface area contributed by atoms with Crippen molar-refractivity contribution >= 4 is 9.84 Å². The van der Waals surface area contributed by atoms with Crippen LogP contribution < -0.4 is 5.32 Å². The van der Waals surface area contributed by atoms with Gasteiger partial charge in [-0.15, -0.1) is 0 Å². The van der Waals surface area contributed by atoms with E-state index in [1.807, 2.05) is 13.8 Å². The standard InChI is InChI=1S/C14H19F2NO2S/c1-9(2)14(10-3-4-12(15)13(16)7-10)17-11-5-6-20(18,19)8-11/h3-4,7,9,11,14,17H,5-6,8H2,1-2H3/t11-,14-/m0/s1. The zero-order valence-electron chi connectivity index (χ0n) is 11.6. The monoisotopic (exact) mass is 303 g/mol.